The molecule has 0 aliphatic carbocycles. The zero-order valence-corrected chi connectivity index (χ0v) is 9.43. The summed E-state index contributed by atoms with van der Waals surface area (Å²) in [4.78, 5) is 13.9. The van der Waals surface area contributed by atoms with Crippen LogP contribution in [0.3, 0.4) is 0 Å². The fraction of sp³-hybridized carbons (Fsp3) is 0.636. The summed E-state index contributed by atoms with van der Waals surface area (Å²) >= 11 is 0. The van der Waals surface area contributed by atoms with Crippen molar-refractivity contribution in [1.82, 2.24) is 10.1 Å². The molecule has 88 valence electrons. The van der Waals surface area contributed by atoms with Gasteiger partial charge in [-0.3, -0.25) is 4.79 Å². The summed E-state index contributed by atoms with van der Waals surface area (Å²) in [5.41, 5.74) is 6.04. The van der Waals surface area contributed by atoms with E-state index in [1.807, 2.05) is 4.90 Å². The number of likely N-dealkylation sites (tertiary alicyclic amines) is 1. The van der Waals surface area contributed by atoms with E-state index in [0.29, 0.717) is 18.2 Å². The largest absolute Gasteiger partial charge is 0.364 e. The maximum Gasteiger partial charge on any atom is 0.276 e. The zero-order valence-electron chi connectivity index (χ0n) is 9.43. The van der Waals surface area contributed by atoms with Gasteiger partial charge in [0.15, 0.2) is 5.69 Å². The van der Waals surface area contributed by atoms with Crippen molar-refractivity contribution < 1.29 is 9.32 Å². The Kier molecular flexibility index (Phi) is 3.24. The molecule has 2 atom stereocenters. The molecule has 1 fully saturated rings. The minimum Gasteiger partial charge on any atom is -0.364 e. The topological polar surface area (TPSA) is 72.4 Å². The Balaban J connectivity index is 2.09. The Hall–Kier alpha value is -1.36. The average Bonchev–Trinajstić information content (AvgIpc) is 2.82. The predicted octanol–water partition coefficient (Wildman–Crippen LogP) is 0.874. The second-order valence-electron chi connectivity index (χ2n) is 4.37. The van der Waals surface area contributed by atoms with Gasteiger partial charge in [0.2, 0.25) is 0 Å². The van der Waals surface area contributed by atoms with Gasteiger partial charge in [0.05, 0.1) is 0 Å². The first-order valence-corrected chi connectivity index (χ1v) is 5.63. The van der Waals surface area contributed by atoms with E-state index in [1.165, 1.54) is 6.26 Å². The van der Waals surface area contributed by atoms with Gasteiger partial charge in [0.25, 0.3) is 5.91 Å². The second kappa shape index (κ2) is 4.65. The molecule has 16 heavy (non-hydrogen) atoms. The Bertz CT molecular complexity index is 350. The lowest BCUT2D eigenvalue weighted by atomic mass is 9.93. The Morgan fingerprint density at radius 1 is 1.69 bits per heavy atom. The number of nitrogens with zero attached hydrogens (tertiary/aromatic N) is 2. The predicted molar refractivity (Wildman–Crippen MR) is 58.8 cm³/mol. The first-order chi connectivity index (χ1) is 7.72. The van der Waals surface area contributed by atoms with Gasteiger partial charge in [-0.2, -0.15) is 0 Å². The van der Waals surface area contributed by atoms with Gasteiger partial charge in [-0.25, -0.2) is 0 Å². The molecule has 1 aliphatic heterocycles. The van der Waals surface area contributed by atoms with Crippen LogP contribution < -0.4 is 5.73 Å². The molecule has 0 aromatic carbocycles. The molecule has 5 nitrogen and oxygen atoms in total. The number of carbonyl (C=O) groups excluding carboxylic acids is 1. The number of hydrogen-bond donors (Lipinski definition) is 1. The van der Waals surface area contributed by atoms with Crippen molar-refractivity contribution in [3.05, 3.63) is 18.0 Å². The molecule has 1 aromatic rings. The van der Waals surface area contributed by atoms with Crippen molar-refractivity contribution >= 4 is 5.91 Å². The van der Waals surface area contributed by atoms with Crippen LogP contribution in [0, 0.1) is 5.92 Å². The number of piperidine rings is 1. The van der Waals surface area contributed by atoms with Gasteiger partial charge in [-0.1, -0.05) is 5.16 Å². The lowest BCUT2D eigenvalue weighted by Crippen LogP contribution is -2.47. The number of nitrogens with two attached hydrogens (primary N) is 1. The highest BCUT2D eigenvalue weighted by Crippen LogP contribution is 2.22. The van der Waals surface area contributed by atoms with E-state index in [4.69, 9.17) is 10.3 Å². The Labute approximate surface area is 94.6 Å². The first kappa shape index (κ1) is 11.1. The third-order valence-corrected chi connectivity index (χ3v) is 3.23. The van der Waals surface area contributed by atoms with E-state index in [1.54, 1.807) is 6.07 Å². The summed E-state index contributed by atoms with van der Waals surface area (Å²) in [5, 5.41) is 3.68. The van der Waals surface area contributed by atoms with Gasteiger partial charge in [0, 0.05) is 18.7 Å². The maximum absolute atomic E-state index is 12.1. The summed E-state index contributed by atoms with van der Waals surface area (Å²) in [6.07, 6.45) is 3.52. The van der Waals surface area contributed by atoms with Gasteiger partial charge >= 0.3 is 0 Å². The van der Waals surface area contributed by atoms with Gasteiger partial charge in [-0.05, 0) is 32.2 Å². The molecule has 2 heterocycles. The molecule has 1 aromatic heterocycles. The van der Waals surface area contributed by atoms with E-state index in [2.05, 4.69) is 12.1 Å². The maximum atomic E-state index is 12.1. The van der Waals surface area contributed by atoms with Crippen LogP contribution in [-0.2, 0) is 0 Å². The van der Waals surface area contributed by atoms with Crippen molar-refractivity contribution in [2.45, 2.75) is 25.8 Å². The minimum atomic E-state index is -0.0561. The van der Waals surface area contributed by atoms with Crippen LogP contribution in [0.4, 0.5) is 0 Å². The third kappa shape index (κ3) is 2.09. The van der Waals surface area contributed by atoms with Crippen LogP contribution in [-0.4, -0.2) is 35.1 Å². The Morgan fingerprint density at radius 3 is 3.12 bits per heavy atom. The van der Waals surface area contributed by atoms with Gasteiger partial charge in [0.1, 0.15) is 6.26 Å². The highest BCUT2D eigenvalue weighted by molar-refractivity contribution is 5.92. The standard InChI is InChI=1S/C11H17N3O2/c1-8-2-3-9(6-12)7-14(8)11(15)10-4-5-16-13-10/h4-5,8-9H,2-3,6-7,12H2,1H3. The molecule has 5 heteroatoms. The second-order valence-corrected chi connectivity index (χ2v) is 4.37. The summed E-state index contributed by atoms with van der Waals surface area (Å²) < 4.78 is 4.69. The number of rotatable bonds is 2. The highest BCUT2D eigenvalue weighted by Gasteiger charge is 2.29. The van der Waals surface area contributed by atoms with Crippen molar-refractivity contribution in [2.75, 3.05) is 13.1 Å². The molecule has 0 spiro atoms. The summed E-state index contributed by atoms with van der Waals surface area (Å²) in [6, 6.07) is 1.85. The van der Waals surface area contributed by atoms with Crippen molar-refractivity contribution in [2.24, 2.45) is 11.7 Å². The molecule has 1 aliphatic rings. The molecule has 0 bridgehead atoms. The minimum absolute atomic E-state index is 0.0561. The number of carbonyl (C=O) groups is 1. The monoisotopic (exact) mass is 223 g/mol. The molecule has 2 N–H and O–H groups in total. The van der Waals surface area contributed by atoms with E-state index >= 15 is 0 Å². The Morgan fingerprint density at radius 2 is 2.50 bits per heavy atom. The molecule has 2 unspecified atom stereocenters. The third-order valence-electron chi connectivity index (χ3n) is 3.23. The van der Waals surface area contributed by atoms with E-state index < -0.39 is 0 Å². The van der Waals surface area contributed by atoms with Crippen molar-refractivity contribution in [1.29, 1.82) is 0 Å². The van der Waals surface area contributed by atoms with Crippen LogP contribution in [0.5, 0.6) is 0 Å². The van der Waals surface area contributed by atoms with Crippen LogP contribution in [0.2, 0.25) is 0 Å². The van der Waals surface area contributed by atoms with E-state index in [9.17, 15) is 4.79 Å². The van der Waals surface area contributed by atoms with Crippen molar-refractivity contribution in [3.8, 4) is 0 Å². The van der Waals surface area contributed by atoms with Crippen LogP contribution in [0.25, 0.3) is 0 Å². The smallest absolute Gasteiger partial charge is 0.276 e. The number of aromatic nitrogens is 1. The molecular formula is C11H17N3O2. The lowest BCUT2D eigenvalue weighted by molar-refractivity contribution is 0.0556. The first-order valence-electron chi connectivity index (χ1n) is 5.63. The van der Waals surface area contributed by atoms with Crippen molar-refractivity contribution in [3.63, 3.8) is 0 Å². The van der Waals surface area contributed by atoms with Gasteiger partial charge < -0.3 is 15.2 Å². The summed E-state index contributed by atoms with van der Waals surface area (Å²) in [6.45, 7) is 3.42. The summed E-state index contributed by atoms with van der Waals surface area (Å²) in [5.74, 6) is 0.353. The molecule has 1 amide bonds. The fourth-order valence-corrected chi connectivity index (χ4v) is 2.13. The molecule has 0 saturated carbocycles. The van der Waals surface area contributed by atoms with Crippen LogP contribution >= 0.6 is 0 Å². The average molecular weight is 223 g/mol. The zero-order chi connectivity index (χ0) is 11.5. The fourth-order valence-electron chi connectivity index (χ4n) is 2.13. The molecular weight excluding hydrogens is 206 g/mol. The van der Waals surface area contributed by atoms with Crippen LogP contribution in [0.15, 0.2) is 16.9 Å². The molecule has 2 rings (SSSR count). The van der Waals surface area contributed by atoms with E-state index in [-0.39, 0.29) is 11.9 Å². The van der Waals surface area contributed by atoms with E-state index in [0.717, 1.165) is 19.4 Å². The van der Waals surface area contributed by atoms with Gasteiger partial charge in [-0.15, -0.1) is 0 Å². The normalized spacial score (nSPS) is 25.8. The quantitative estimate of drug-likeness (QED) is 0.807. The lowest BCUT2D eigenvalue weighted by Gasteiger charge is -2.37. The van der Waals surface area contributed by atoms with Crippen LogP contribution in [0.1, 0.15) is 30.3 Å². The summed E-state index contributed by atoms with van der Waals surface area (Å²) in [7, 11) is 0. The number of hydrogen-bond acceptors (Lipinski definition) is 4. The highest BCUT2D eigenvalue weighted by atomic mass is 16.5. The number of amides is 1. The molecule has 1 saturated heterocycles. The SMILES string of the molecule is CC1CCC(CN)CN1C(=O)c1ccon1. The molecule has 0 radical (unpaired) electrons.